The van der Waals surface area contributed by atoms with E-state index in [1.165, 1.54) is 14.1 Å². The van der Waals surface area contributed by atoms with Gasteiger partial charge >= 0.3 is 12.2 Å². The monoisotopic (exact) mass is 262 g/mol. The summed E-state index contributed by atoms with van der Waals surface area (Å²) in [5, 5.41) is 4.72. The summed E-state index contributed by atoms with van der Waals surface area (Å²) in [5.41, 5.74) is -0.778. The van der Waals surface area contributed by atoms with Crippen LogP contribution in [0.4, 0.5) is 9.59 Å². The first-order chi connectivity index (χ1) is 7.91. The number of hydrogen-bond donors (Lipinski definition) is 2. The minimum atomic E-state index is -0.389. The molecule has 108 valence electrons. The first-order valence-electron chi connectivity index (χ1n) is 5.72. The van der Waals surface area contributed by atoms with Gasteiger partial charge in [-0.25, -0.2) is 9.59 Å². The lowest BCUT2D eigenvalue weighted by atomic mass is 10.2. The number of amides is 2. The van der Waals surface area contributed by atoms with Crippen molar-refractivity contribution in [2.45, 2.75) is 52.7 Å². The van der Waals surface area contributed by atoms with Crippen LogP contribution in [0.1, 0.15) is 41.5 Å². The molecule has 0 saturated heterocycles. The molecule has 0 bridgehead atoms. The molecule has 0 aliphatic heterocycles. The van der Waals surface area contributed by atoms with E-state index in [2.05, 4.69) is 10.6 Å². The van der Waals surface area contributed by atoms with E-state index in [0.717, 1.165) is 0 Å². The van der Waals surface area contributed by atoms with Gasteiger partial charge in [-0.05, 0) is 41.5 Å². The SMILES string of the molecule is CNC(=O)OC(C)(C)C.CNC(=O)OC(C)(C)C. The lowest BCUT2D eigenvalue weighted by Crippen LogP contribution is -2.30. The van der Waals surface area contributed by atoms with Gasteiger partial charge in [0.05, 0.1) is 0 Å². The lowest BCUT2D eigenvalue weighted by Gasteiger charge is -2.18. The van der Waals surface area contributed by atoms with E-state index in [4.69, 9.17) is 9.47 Å². The van der Waals surface area contributed by atoms with Crippen LogP contribution in [-0.2, 0) is 9.47 Å². The maximum absolute atomic E-state index is 10.5. The Morgan fingerprint density at radius 2 is 0.944 bits per heavy atom. The van der Waals surface area contributed by atoms with Crippen LogP contribution in [0.2, 0.25) is 0 Å². The molecule has 6 nitrogen and oxygen atoms in total. The van der Waals surface area contributed by atoms with E-state index >= 15 is 0 Å². The van der Waals surface area contributed by atoms with Crippen LogP contribution >= 0.6 is 0 Å². The molecule has 2 N–H and O–H groups in total. The largest absolute Gasteiger partial charge is 0.444 e. The predicted molar refractivity (Wildman–Crippen MR) is 70.6 cm³/mol. The summed E-state index contributed by atoms with van der Waals surface area (Å²) in [7, 11) is 3.07. The Morgan fingerprint density at radius 1 is 0.722 bits per heavy atom. The summed E-state index contributed by atoms with van der Waals surface area (Å²) in [4.78, 5) is 21.0. The maximum Gasteiger partial charge on any atom is 0.407 e. The molecule has 0 fully saturated rings. The number of carbonyl (C=O) groups excluding carboxylic acids is 2. The van der Waals surface area contributed by atoms with Gasteiger partial charge in [0.25, 0.3) is 0 Å². The molecule has 0 aromatic carbocycles. The normalized spacial score (nSPS) is 10.7. The molecule has 0 aromatic heterocycles. The molecule has 0 heterocycles. The van der Waals surface area contributed by atoms with Crippen LogP contribution in [0.5, 0.6) is 0 Å². The van der Waals surface area contributed by atoms with Crippen LogP contribution in [-0.4, -0.2) is 37.5 Å². The Hall–Kier alpha value is -1.46. The summed E-state index contributed by atoms with van der Waals surface area (Å²) < 4.78 is 9.67. The minimum Gasteiger partial charge on any atom is -0.444 e. The first kappa shape index (κ1) is 18.9. The van der Waals surface area contributed by atoms with Gasteiger partial charge < -0.3 is 20.1 Å². The molecule has 0 unspecified atom stereocenters. The second-order valence-corrected chi connectivity index (χ2v) is 5.50. The van der Waals surface area contributed by atoms with Crippen molar-refractivity contribution in [2.75, 3.05) is 14.1 Å². The maximum atomic E-state index is 10.5. The van der Waals surface area contributed by atoms with Crippen molar-refractivity contribution >= 4 is 12.2 Å². The quantitative estimate of drug-likeness (QED) is 0.702. The standard InChI is InChI=1S/2C6H13NO2/c2*1-6(2,3)9-5(8)7-4/h2*1-4H3,(H,7,8). The highest BCUT2D eigenvalue weighted by Gasteiger charge is 2.14. The van der Waals surface area contributed by atoms with Crippen molar-refractivity contribution < 1.29 is 19.1 Å². The summed E-state index contributed by atoms with van der Waals surface area (Å²) in [6.45, 7) is 10.9. The molecule has 0 aliphatic rings. The average Bonchev–Trinajstić information content (AvgIpc) is 2.13. The predicted octanol–water partition coefficient (Wildman–Crippen LogP) is 2.28. The zero-order valence-corrected chi connectivity index (χ0v) is 12.6. The molecule has 0 spiro atoms. The number of carbonyl (C=O) groups is 2. The summed E-state index contributed by atoms with van der Waals surface area (Å²) >= 11 is 0. The minimum absolute atomic E-state index is 0.387. The number of alkyl carbamates (subject to hydrolysis) is 2. The molecule has 18 heavy (non-hydrogen) atoms. The van der Waals surface area contributed by atoms with Gasteiger partial charge in [-0.15, -0.1) is 0 Å². The number of rotatable bonds is 0. The Morgan fingerprint density at radius 3 is 1.00 bits per heavy atom. The second-order valence-electron chi connectivity index (χ2n) is 5.50. The van der Waals surface area contributed by atoms with Crippen molar-refractivity contribution in [3.63, 3.8) is 0 Å². The average molecular weight is 262 g/mol. The Bertz CT molecular complexity index is 236. The lowest BCUT2D eigenvalue weighted by molar-refractivity contribution is 0.0530. The molecule has 0 radical (unpaired) electrons. The van der Waals surface area contributed by atoms with Crippen molar-refractivity contribution in [1.82, 2.24) is 10.6 Å². The highest BCUT2D eigenvalue weighted by Crippen LogP contribution is 2.06. The third-order valence-electron chi connectivity index (χ3n) is 1.21. The first-order valence-corrected chi connectivity index (χ1v) is 5.72. The Balaban J connectivity index is 0. The fourth-order valence-corrected chi connectivity index (χ4v) is 0.658. The third-order valence-corrected chi connectivity index (χ3v) is 1.21. The zero-order chi connectivity index (χ0) is 15.0. The van der Waals surface area contributed by atoms with E-state index in [0.29, 0.717) is 0 Å². The van der Waals surface area contributed by atoms with Crippen molar-refractivity contribution in [2.24, 2.45) is 0 Å². The molecule has 6 heteroatoms. The van der Waals surface area contributed by atoms with Crippen LogP contribution in [0, 0.1) is 0 Å². The molecule has 0 rings (SSSR count). The summed E-state index contributed by atoms with van der Waals surface area (Å²) in [6, 6.07) is 0. The van der Waals surface area contributed by atoms with Gasteiger partial charge in [0.1, 0.15) is 11.2 Å². The molecular formula is C12H26N2O4. The molecule has 0 saturated carbocycles. The van der Waals surface area contributed by atoms with Crippen LogP contribution in [0.15, 0.2) is 0 Å². The molecule has 0 aliphatic carbocycles. The van der Waals surface area contributed by atoms with E-state index in [1.54, 1.807) is 0 Å². The van der Waals surface area contributed by atoms with E-state index in [9.17, 15) is 9.59 Å². The highest BCUT2D eigenvalue weighted by atomic mass is 16.6. The fraction of sp³-hybridized carbons (Fsp3) is 0.833. The molecular weight excluding hydrogens is 236 g/mol. The van der Waals surface area contributed by atoms with Crippen molar-refractivity contribution in [3.05, 3.63) is 0 Å². The van der Waals surface area contributed by atoms with Gasteiger partial charge in [-0.2, -0.15) is 0 Å². The van der Waals surface area contributed by atoms with Gasteiger partial charge in [-0.3, -0.25) is 0 Å². The Labute approximate surface area is 109 Å². The van der Waals surface area contributed by atoms with Crippen molar-refractivity contribution in [1.29, 1.82) is 0 Å². The van der Waals surface area contributed by atoms with Gasteiger partial charge in [-0.1, -0.05) is 0 Å². The van der Waals surface area contributed by atoms with Gasteiger partial charge in [0, 0.05) is 14.1 Å². The molecule has 2 amide bonds. The summed E-state index contributed by atoms with van der Waals surface area (Å²) in [6.07, 6.45) is -0.773. The Kier molecular flexibility index (Phi) is 8.17. The van der Waals surface area contributed by atoms with Crippen LogP contribution in [0.3, 0.4) is 0 Å². The zero-order valence-electron chi connectivity index (χ0n) is 12.6. The highest BCUT2D eigenvalue weighted by molar-refractivity contribution is 5.67. The van der Waals surface area contributed by atoms with Gasteiger partial charge in [0.15, 0.2) is 0 Å². The second kappa shape index (κ2) is 7.79. The smallest absolute Gasteiger partial charge is 0.407 e. The summed E-state index contributed by atoms with van der Waals surface area (Å²) in [5.74, 6) is 0. The number of ether oxygens (including phenoxy) is 2. The number of nitrogens with one attached hydrogen (secondary N) is 2. The van der Waals surface area contributed by atoms with Crippen LogP contribution in [0.25, 0.3) is 0 Å². The molecule has 0 atom stereocenters. The molecule has 0 aromatic rings. The van der Waals surface area contributed by atoms with Gasteiger partial charge in [0.2, 0.25) is 0 Å². The van der Waals surface area contributed by atoms with E-state index in [-0.39, 0.29) is 23.4 Å². The van der Waals surface area contributed by atoms with Crippen LogP contribution < -0.4 is 10.6 Å². The van der Waals surface area contributed by atoms with E-state index < -0.39 is 0 Å². The number of hydrogen-bond acceptors (Lipinski definition) is 4. The third kappa shape index (κ3) is 17.0. The fourth-order valence-electron chi connectivity index (χ4n) is 0.658. The topological polar surface area (TPSA) is 76.7 Å². The van der Waals surface area contributed by atoms with E-state index in [1.807, 2.05) is 41.5 Å². The van der Waals surface area contributed by atoms with Crippen molar-refractivity contribution in [3.8, 4) is 0 Å².